The Morgan fingerprint density at radius 1 is 1.45 bits per heavy atom. The van der Waals surface area contributed by atoms with Crippen LogP contribution in [0, 0.1) is 0 Å². The lowest BCUT2D eigenvalue weighted by atomic mass is 10.2. The summed E-state index contributed by atoms with van der Waals surface area (Å²) in [5.41, 5.74) is 0.569. The van der Waals surface area contributed by atoms with E-state index in [9.17, 15) is 0 Å². The standard InChI is InChI=1S/C12H15N5O3/c1-18-10-5-9(14-7-15-10)12-16-11(20-17-12)4-8-6-19-3-2-13-8/h5,7-8,13H,2-4,6H2,1H3. The van der Waals surface area contributed by atoms with Gasteiger partial charge in [0.05, 0.1) is 20.3 Å². The van der Waals surface area contributed by atoms with Crippen molar-refractivity contribution in [3.8, 4) is 17.4 Å². The minimum Gasteiger partial charge on any atom is -0.481 e. The third-order valence-electron chi connectivity index (χ3n) is 2.97. The molecule has 106 valence electrons. The Hall–Kier alpha value is -2.06. The second-order valence-electron chi connectivity index (χ2n) is 4.39. The van der Waals surface area contributed by atoms with Crippen LogP contribution in [0.25, 0.3) is 11.5 Å². The largest absolute Gasteiger partial charge is 0.481 e. The summed E-state index contributed by atoms with van der Waals surface area (Å²) in [6, 6.07) is 1.87. The number of hydrogen-bond donors (Lipinski definition) is 1. The van der Waals surface area contributed by atoms with Gasteiger partial charge in [0.15, 0.2) is 0 Å². The molecule has 1 atom stereocenters. The van der Waals surface area contributed by atoms with Crippen molar-refractivity contribution >= 4 is 0 Å². The van der Waals surface area contributed by atoms with E-state index < -0.39 is 0 Å². The molecular weight excluding hydrogens is 262 g/mol. The molecule has 2 aromatic rings. The monoisotopic (exact) mass is 277 g/mol. The Balaban J connectivity index is 1.72. The molecule has 8 nitrogen and oxygen atoms in total. The van der Waals surface area contributed by atoms with Crippen LogP contribution in [0.4, 0.5) is 0 Å². The molecule has 0 aliphatic carbocycles. The van der Waals surface area contributed by atoms with Crippen LogP contribution in [-0.4, -0.2) is 53.0 Å². The molecule has 0 bridgehead atoms. The van der Waals surface area contributed by atoms with Crippen molar-refractivity contribution in [1.29, 1.82) is 0 Å². The predicted octanol–water partition coefficient (Wildman–Crippen LogP) is 0.0661. The van der Waals surface area contributed by atoms with Gasteiger partial charge in [-0.05, 0) is 0 Å². The molecule has 2 aromatic heterocycles. The number of ether oxygens (including phenoxy) is 2. The number of aromatic nitrogens is 4. The van der Waals surface area contributed by atoms with Gasteiger partial charge in [-0.2, -0.15) is 4.98 Å². The molecule has 3 rings (SSSR count). The fourth-order valence-electron chi connectivity index (χ4n) is 1.98. The van der Waals surface area contributed by atoms with Gasteiger partial charge in [0.25, 0.3) is 0 Å². The van der Waals surface area contributed by atoms with Crippen LogP contribution in [0.2, 0.25) is 0 Å². The van der Waals surface area contributed by atoms with Gasteiger partial charge in [0.2, 0.25) is 17.6 Å². The summed E-state index contributed by atoms with van der Waals surface area (Å²) >= 11 is 0. The number of nitrogens with one attached hydrogen (secondary N) is 1. The third-order valence-corrected chi connectivity index (χ3v) is 2.97. The second-order valence-corrected chi connectivity index (χ2v) is 4.39. The minimum absolute atomic E-state index is 0.206. The van der Waals surface area contributed by atoms with Crippen LogP contribution in [0.1, 0.15) is 5.89 Å². The minimum atomic E-state index is 0.206. The zero-order valence-corrected chi connectivity index (χ0v) is 11.1. The topological polar surface area (TPSA) is 95.2 Å². The molecule has 1 unspecified atom stereocenters. The predicted molar refractivity (Wildman–Crippen MR) is 68.2 cm³/mol. The Bertz CT molecular complexity index is 568. The van der Waals surface area contributed by atoms with E-state index in [1.807, 2.05) is 0 Å². The van der Waals surface area contributed by atoms with Crippen LogP contribution in [-0.2, 0) is 11.2 Å². The summed E-state index contributed by atoms with van der Waals surface area (Å²) in [6.45, 7) is 2.24. The molecule has 1 saturated heterocycles. The number of hydrogen-bond acceptors (Lipinski definition) is 8. The molecule has 1 N–H and O–H groups in total. The molecule has 0 saturated carbocycles. The van der Waals surface area contributed by atoms with Gasteiger partial charge in [-0.25, -0.2) is 9.97 Å². The summed E-state index contributed by atoms with van der Waals surface area (Å²) in [6.07, 6.45) is 2.04. The fourth-order valence-corrected chi connectivity index (χ4v) is 1.98. The molecule has 0 radical (unpaired) electrons. The quantitative estimate of drug-likeness (QED) is 0.838. The Labute approximate surface area is 115 Å². The number of rotatable bonds is 4. The molecule has 0 aromatic carbocycles. The highest BCUT2D eigenvalue weighted by Gasteiger charge is 2.18. The van der Waals surface area contributed by atoms with Crippen molar-refractivity contribution in [2.24, 2.45) is 0 Å². The van der Waals surface area contributed by atoms with Gasteiger partial charge in [-0.15, -0.1) is 0 Å². The molecule has 0 spiro atoms. The maximum absolute atomic E-state index is 5.39. The van der Waals surface area contributed by atoms with E-state index in [0.717, 1.165) is 13.2 Å². The first kappa shape index (κ1) is 12.9. The van der Waals surface area contributed by atoms with Crippen molar-refractivity contribution in [1.82, 2.24) is 25.4 Å². The van der Waals surface area contributed by atoms with Crippen LogP contribution >= 0.6 is 0 Å². The third kappa shape index (κ3) is 2.91. The fraction of sp³-hybridized carbons (Fsp3) is 0.500. The lowest BCUT2D eigenvalue weighted by Crippen LogP contribution is -2.42. The van der Waals surface area contributed by atoms with E-state index in [0.29, 0.717) is 36.3 Å². The van der Waals surface area contributed by atoms with Crippen LogP contribution in [0.15, 0.2) is 16.9 Å². The maximum Gasteiger partial charge on any atom is 0.228 e. The van der Waals surface area contributed by atoms with E-state index in [-0.39, 0.29) is 6.04 Å². The highest BCUT2D eigenvalue weighted by Crippen LogP contribution is 2.17. The van der Waals surface area contributed by atoms with Crippen molar-refractivity contribution in [3.63, 3.8) is 0 Å². The SMILES string of the molecule is COc1cc(-c2noc(CC3COCCN3)n2)ncn1. The summed E-state index contributed by atoms with van der Waals surface area (Å²) in [7, 11) is 1.54. The highest BCUT2D eigenvalue weighted by molar-refractivity contribution is 5.49. The average Bonchev–Trinajstić information content (AvgIpc) is 2.97. The number of nitrogens with zero attached hydrogens (tertiary/aromatic N) is 4. The van der Waals surface area contributed by atoms with E-state index in [4.69, 9.17) is 14.0 Å². The van der Waals surface area contributed by atoms with Crippen LogP contribution < -0.4 is 10.1 Å². The summed E-state index contributed by atoms with van der Waals surface area (Å²) in [5, 5.41) is 7.26. The van der Waals surface area contributed by atoms with E-state index in [1.165, 1.54) is 6.33 Å². The zero-order valence-electron chi connectivity index (χ0n) is 11.1. The molecule has 20 heavy (non-hydrogen) atoms. The molecular formula is C12H15N5O3. The van der Waals surface area contributed by atoms with Gasteiger partial charge < -0.3 is 19.3 Å². The van der Waals surface area contributed by atoms with E-state index >= 15 is 0 Å². The molecule has 8 heteroatoms. The van der Waals surface area contributed by atoms with Crippen molar-refractivity contribution in [2.45, 2.75) is 12.5 Å². The Morgan fingerprint density at radius 3 is 3.20 bits per heavy atom. The van der Waals surface area contributed by atoms with Crippen LogP contribution in [0.3, 0.4) is 0 Å². The lowest BCUT2D eigenvalue weighted by molar-refractivity contribution is 0.0744. The van der Waals surface area contributed by atoms with Gasteiger partial charge in [-0.3, -0.25) is 0 Å². The van der Waals surface area contributed by atoms with Gasteiger partial charge in [0.1, 0.15) is 12.0 Å². The summed E-state index contributed by atoms with van der Waals surface area (Å²) < 4.78 is 15.7. The van der Waals surface area contributed by atoms with Crippen molar-refractivity contribution < 1.29 is 14.0 Å². The van der Waals surface area contributed by atoms with Crippen LogP contribution in [0.5, 0.6) is 5.88 Å². The Morgan fingerprint density at radius 2 is 2.40 bits per heavy atom. The first-order chi connectivity index (χ1) is 9.85. The van der Waals surface area contributed by atoms with Crippen molar-refractivity contribution in [3.05, 3.63) is 18.3 Å². The Kier molecular flexibility index (Phi) is 3.84. The number of morpholine rings is 1. The second kappa shape index (κ2) is 5.93. The normalized spacial score (nSPS) is 18.9. The van der Waals surface area contributed by atoms with Crippen molar-refractivity contribution in [2.75, 3.05) is 26.9 Å². The summed E-state index contributed by atoms with van der Waals surface area (Å²) in [4.78, 5) is 12.4. The molecule has 1 fully saturated rings. The van der Waals surface area contributed by atoms with Gasteiger partial charge in [0, 0.05) is 25.1 Å². The maximum atomic E-state index is 5.39. The average molecular weight is 277 g/mol. The summed E-state index contributed by atoms with van der Waals surface area (Å²) in [5.74, 6) is 1.45. The van der Waals surface area contributed by atoms with Gasteiger partial charge in [-0.1, -0.05) is 5.16 Å². The first-order valence-corrected chi connectivity index (χ1v) is 6.35. The molecule has 1 aliphatic heterocycles. The van der Waals surface area contributed by atoms with E-state index in [1.54, 1.807) is 13.2 Å². The molecule has 1 aliphatic rings. The molecule has 0 amide bonds. The lowest BCUT2D eigenvalue weighted by Gasteiger charge is -2.22. The van der Waals surface area contributed by atoms with Gasteiger partial charge >= 0.3 is 0 Å². The number of methoxy groups -OCH3 is 1. The molecule has 3 heterocycles. The highest BCUT2D eigenvalue weighted by atomic mass is 16.5. The first-order valence-electron chi connectivity index (χ1n) is 6.35. The zero-order chi connectivity index (χ0) is 13.8. The van der Waals surface area contributed by atoms with E-state index in [2.05, 4.69) is 25.4 Å². The smallest absolute Gasteiger partial charge is 0.228 e.